The Balaban J connectivity index is 2.18. The van der Waals surface area contributed by atoms with Gasteiger partial charge in [0.2, 0.25) is 0 Å². The largest absolute Gasteiger partial charge is 0.469 e. The highest BCUT2D eigenvalue weighted by Gasteiger charge is 2.09. The van der Waals surface area contributed by atoms with Gasteiger partial charge in [-0.05, 0) is 43.2 Å². The molecular formula is C14H14O2. The molecule has 0 aliphatic heterocycles. The second-order valence-corrected chi connectivity index (χ2v) is 3.98. The molecule has 0 unspecified atom stereocenters. The van der Waals surface area contributed by atoms with Crippen molar-refractivity contribution in [3.63, 3.8) is 0 Å². The van der Waals surface area contributed by atoms with Gasteiger partial charge in [-0.25, -0.2) is 0 Å². The van der Waals surface area contributed by atoms with Crippen LogP contribution in [-0.4, -0.2) is 5.78 Å². The van der Waals surface area contributed by atoms with Crippen molar-refractivity contribution in [1.82, 2.24) is 0 Å². The van der Waals surface area contributed by atoms with Gasteiger partial charge in [-0.3, -0.25) is 4.79 Å². The number of carbonyl (C=O) groups excluding carboxylic acids is 1. The SMILES string of the molecule is Cc1ccc(C(=O)Cc2ccco2)cc1C. The molecule has 2 nitrogen and oxygen atoms in total. The van der Waals surface area contributed by atoms with Gasteiger partial charge >= 0.3 is 0 Å². The first-order chi connectivity index (χ1) is 7.66. The Morgan fingerprint density at radius 2 is 2.00 bits per heavy atom. The average molecular weight is 214 g/mol. The van der Waals surface area contributed by atoms with E-state index < -0.39 is 0 Å². The molecule has 0 amide bonds. The van der Waals surface area contributed by atoms with Crippen LogP contribution in [0.1, 0.15) is 27.2 Å². The van der Waals surface area contributed by atoms with E-state index in [0.717, 1.165) is 11.1 Å². The van der Waals surface area contributed by atoms with Gasteiger partial charge in [0.15, 0.2) is 5.78 Å². The summed E-state index contributed by atoms with van der Waals surface area (Å²) in [7, 11) is 0. The van der Waals surface area contributed by atoms with E-state index in [1.165, 1.54) is 5.56 Å². The van der Waals surface area contributed by atoms with Crippen LogP contribution in [0.15, 0.2) is 41.0 Å². The smallest absolute Gasteiger partial charge is 0.170 e. The first-order valence-corrected chi connectivity index (χ1v) is 5.29. The molecule has 0 saturated heterocycles. The Morgan fingerprint density at radius 3 is 2.62 bits per heavy atom. The highest BCUT2D eigenvalue weighted by molar-refractivity contribution is 5.97. The van der Waals surface area contributed by atoms with Crippen LogP contribution in [0.3, 0.4) is 0 Å². The number of benzene rings is 1. The van der Waals surface area contributed by atoms with E-state index in [4.69, 9.17) is 4.42 Å². The van der Waals surface area contributed by atoms with Crippen molar-refractivity contribution < 1.29 is 9.21 Å². The summed E-state index contributed by atoms with van der Waals surface area (Å²) in [5, 5.41) is 0. The third-order valence-electron chi connectivity index (χ3n) is 2.74. The van der Waals surface area contributed by atoms with Gasteiger partial charge in [-0.1, -0.05) is 12.1 Å². The Labute approximate surface area is 94.9 Å². The molecule has 0 N–H and O–H groups in total. The molecule has 0 spiro atoms. The molecule has 0 bridgehead atoms. The molecule has 0 radical (unpaired) electrons. The summed E-state index contributed by atoms with van der Waals surface area (Å²) in [5.74, 6) is 0.807. The number of rotatable bonds is 3. The van der Waals surface area contributed by atoms with Crippen LogP contribution < -0.4 is 0 Å². The van der Waals surface area contributed by atoms with E-state index in [1.807, 2.05) is 38.1 Å². The maximum atomic E-state index is 11.9. The summed E-state index contributed by atoms with van der Waals surface area (Å²) in [6, 6.07) is 9.39. The van der Waals surface area contributed by atoms with Gasteiger partial charge < -0.3 is 4.42 Å². The first-order valence-electron chi connectivity index (χ1n) is 5.29. The van der Waals surface area contributed by atoms with E-state index in [2.05, 4.69) is 0 Å². The third kappa shape index (κ3) is 2.22. The van der Waals surface area contributed by atoms with Crippen molar-refractivity contribution in [2.75, 3.05) is 0 Å². The lowest BCUT2D eigenvalue weighted by molar-refractivity contribution is 0.0987. The van der Waals surface area contributed by atoms with Crippen LogP contribution in [0.25, 0.3) is 0 Å². The molecule has 0 saturated carbocycles. The maximum absolute atomic E-state index is 11.9. The van der Waals surface area contributed by atoms with Crippen molar-refractivity contribution >= 4 is 5.78 Å². The molecular weight excluding hydrogens is 200 g/mol. The van der Waals surface area contributed by atoms with Gasteiger partial charge in [0, 0.05) is 5.56 Å². The number of ketones is 1. The van der Waals surface area contributed by atoms with Crippen LogP contribution >= 0.6 is 0 Å². The van der Waals surface area contributed by atoms with Crippen molar-refractivity contribution in [3.05, 3.63) is 59.0 Å². The van der Waals surface area contributed by atoms with Crippen LogP contribution in [0.5, 0.6) is 0 Å². The highest BCUT2D eigenvalue weighted by Crippen LogP contribution is 2.13. The molecule has 2 heteroatoms. The van der Waals surface area contributed by atoms with E-state index in [9.17, 15) is 4.79 Å². The molecule has 2 rings (SSSR count). The number of Topliss-reactive ketones (excluding diaryl/α,β-unsaturated/α-hetero) is 1. The predicted octanol–water partition coefficient (Wildman–Crippen LogP) is 3.32. The quantitative estimate of drug-likeness (QED) is 0.734. The summed E-state index contributed by atoms with van der Waals surface area (Å²) in [4.78, 5) is 11.9. The zero-order valence-electron chi connectivity index (χ0n) is 9.49. The molecule has 1 aromatic carbocycles. The Hall–Kier alpha value is -1.83. The van der Waals surface area contributed by atoms with Crippen LogP contribution in [0.2, 0.25) is 0 Å². The van der Waals surface area contributed by atoms with Gasteiger partial charge in [-0.2, -0.15) is 0 Å². The monoisotopic (exact) mass is 214 g/mol. The number of carbonyl (C=O) groups is 1. The molecule has 0 aliphatic carbocycles. The summed E-state index contributed by atoms with van der Waals surface area (Å²) < 4.78 is 5.16. The van der Waals surface area contributed by atoms with E-state index in [1.54, 1.807) is 12.3 Å². The first kappa shape index (κ1) is 10.7. The zero-order valence-corrected chi connectivity index (χ0v) is 9.49. The van der Waals surface area contributed by atoms with E-state index >= 15 is 0 Å². The maximum Gasteiger partial charge on any atom is 0.170 e. The minimum absolute atomic E-state index is 0.0954. The standard InChI is InChI=1S/C14H14O2/c1-10-5-6-12(8-11(10)2)14(15)9-13-4-3-7-16-13/h3-8H,9H2,1-2H3. The third-order valence-corrected chi connectivity index (χ3v) is 2.74. The molecule has 82 valence electrons. The van der Waals surface area contributed by atoms with Gasteiger partial charge in [0.05, 0.1) is 12.7 Å². The summed E-state index contributed by atoms with van der Waals surface area (Å²) in [6.07, 6.45) is 1.92. The Morgan fingerprint density at radius 1 is 1.19 bits per heavy atom. The van der Waals surface area contributed by atoms with Gasteiger partial charge in [-0.15, -0.1) is 0 Å². The molecule has 1 aromatic heterocycles. The molecule has 16 heavy (non-hydrogen) atoms. The number of hydrogen-bond donors (Lipinski definition) is 0. The Kier molecular flexibility index (Phi) is 2.91. The number of aryl methyl sites for hydroxylation is 2. The lowest BCUT2D eigenvalue weighted by Gasteiger charge is -2.03. The summed E-state index contributed by atoms with van der Waals surface area (Å²) >= 11 is 0. The van der Waals surface area contributed by atoms with Crippen molar-refractivity contribution in [3.8, 4) is 0 Å². The lowest BCUT2D eigenvalue weighted by Crippen LogP contribution is -2.03. The molecule has 0 fully saturated rings. The normalized spacial score (nSPS) is 10.4. The number of furan rings is 1. The lowest BCUT2D eigenvalue weighted by atomic mass is 10.0. The van der Waals surface area contributed by atoms with Crippen LogP contribution in [0.4, 0.5) is 0 Å². The summed E-state index contributed by atoms with van der Waals surface area (Å²) in [6.45, 7) is 4.05. The zero-order chi connectivity index (χ0) is 11.5. The average Bonchev–Trinajstić information content (AvgIpc) is 2.74. The second kappa shape index (κ2) is 4.35. The topological polar surface area (TPSA) is 30.2 Å². The predicted molar refractivity (Wildman–Crippen MR) is 62.7 cm³/mol. The van der Waals surface area contributed by atoms with Gasteiger partial charge in [0.1, 0.15) is 5.76 Å². The fourth-order valence-corrected chi connectivity index (χ4v) is 1.59. The van der Waals surface area contributed by atoms with Crippen molar-refractivity contribution in [1.29, 1.82) is 0 Å². The number of hydrogen-bond acceptors (Lipinski definition) is 2. The fraction of sp³-hybridized carbons (Fsp3) is 0.214. The van der Waals surface area contributed by atoms with E-state index in [0.29, 0.717) is 12.2 Å². The molecule has 0 aliphatic rings. The fourth-order valence-electron chi connectivity index (χ4n) is 1.59. The minimum atomic E-state index is 0.0954. The van der Waals surface area contributed by atoms with Crippen molar-refractivity contribution in [2.45, 2.75) is 20.3 Å². The highest BCUT2D eigenvalue weighted by atomic mass is 16.3. The molecule has 0 atom stereocenters. The van der Waals surface area contributed by atoms with Crippen LogP contribution in [0, 0.1) is 13.8 Å². The Bertz CT molecular complexity index is 495. The van der Waals surface area contributed by atoms with Crippen LogP contribution in [-0.2, 0) is 6.42 Å². The van der Waals surface area contributed by atoms with Crippen molar-refractivity contribution in [2.24, 2.45) is 0 Å². The molecule has 2 aromatic rings. The van der Waals surface area contributed by atoms with E-state index in [-0.39, 0.29) is 5.78 Å². The minimum Gasteiger partial charge on any atom is -0.469 e. The summed E-state index contributed by atoms with van der Waals surface area (Å²) in [5.41, 5.74) is 3.10. The van der Waals surface area contributed by atoms with Gasteiger partial charge in [0.25, 0.3) is 0 Å². The molecule has 1 heterocycles. The second-order valence-electron chi connectivity index (χ2n) is 3.98.